The number of sulfone groups is 1. The summed E-state index contributed by atoms with van der Waals surface area (Å²) in [6.07, 6.45) is 0.412. The van der Waals surface area contributed by atoms with Crippen LogP contribution in [0.4, 0.5) is 0 Å². The molecule has 0 unspecified atom stereocenters. The van der Waals surface area contributed by atoms with Crippen molar-refractivity contribution in [2.24, 2.45) is 0 Å². The summed E-state index contributed by atoms with van der Waals surface area (Å²) in [6.45, 7) is 2.36. The van der Waals surface area contributed by atoms with Crippen LogP contribution in [0.1, 0.15) is 13.3 Å². The molecular weight excluding hydrogens is 266 g/mol. The molecule has 1 fully saturated rings. The fourth-order valence-electron chi connectivity index (χ4n) is 2.02. The van der Waals surface area contributed by atoms with Gasteiger partial charge in [0.05, 0.1) is 12.0 Å². The normalized spacial score (nSPS) is 16.0. The second-order valence-corrected chi connectivity index (χ2v) is 6.72. The van der Waals surface area contributed by atoms with Crippen molar-refractivity contribution in [1.82, 2.24) is 4.90 Å². The smallest absolute Gasteiger partial charge is 0.222 e. The van der Waals surface area contributed by atoms with Gasteiger partial charge in [-0.15, -0.1) is 0 Å². The molecule has 1 aliphatic rings. The Morgan fingerprint density at radius 2 is 1.89 bits per heavy atom. The molecule has 1 heterocycles. The summed E-state index contributed by atoms with van der Waals surface area (Å²) in [7, 11) is -1.82. The minimum Gasteiger partial charge on any atom is -0.497 e. The molecule has 1 aromatic rings. The molecule has 0 radical (unpaired) electrons. The van der Waals surface area contributed by atoms with Gasteiger partial charge in [-0.25, -0.2) is 8.42 Å². The number of hydrogen-bond donors (Lipinski definition) is 0. The number of methoxy groups -OCH3 is 1. The lowest BCUT2D eigenvalue weighted by Crippen LogP contribution is -2.56. The maximum absolute atomic E-state index is 12.3. The topological polar surface area (TPSA) is 63.7 Å². The Labute approximate surface area is 113 Å². The molecule has 1 amide bonds. The summed E-state index contributed by atoms with van der Waals surface area (Å²) in [5.74, 6) is 0.622. The van der Waals surface area contributed by atoms with Gasteiger partial charge in [0.1, 0.15) is 11.0 Å². The molecule has 1 saturated heterocycles. The van der Waals surface area contributed by atoms with Gasteiger partial charge in [-0.1, -0.05) is 6.92 Å². The molecule has 2 rings (SSSR count). The van der Waals surface area contributed by atoms with E-state index in [9.17, 15) is 13.2 Å². The quantitative estimate of drug-likeness (QED) is 0.830. The molecule has 0 saturated carbocycles. The van der Waals surface area contributed by atoms with Crippen LogP contribution in [0.3, 0.4) is 0 Å². The zero-order valence-corrected chi connectivity index (χ0v) is 11.8. The molecule has 0 aromatic heterocycles. The fourth-order valence-corrected chi connectivity index (χ4v) is 3.67. The van der Waals surface area contributed by atoms with Gasteiger partial charge < -0.3 is 9.64 Å². The van der Waals surface area contributed by atoms with Crippen molar-refractivity contribution in [2.45, 2.75) is 23.5 Å². The minimum atomic E-state index is -3.35. The number of amides is 1. The maximum atomic E-state index is 12.3. The Morgan fingerprint density at radius 3 is 2.37 bits per heavy atom. The Balaban J connectivity index is 2.09. The molecule has 104 valence electrons. The molecule has 6 heteroatoms. The second-order valence-electron chi connectivity index (χ2n) is 4.49. The third-order valence-corrected chi connectivity index (χ3v) is 5.44. The van der Waals surface area contributed by atoms with Crippen molar-refractivity contribution in [3.05, 3.63) is 24.3 Å². The van der Waals surface area contributed by atoms with Crippen LogP contribution in [-0.4, -0.2) is 44.7 Å². The van der Waals surface area contributed by atoms with E-state index in [0.717, 1.165) is 0 Å². The van der Waals surface area contributed by atoms with Crippen LogP contribution in [-0.2, 0) is 14.6 Å². The van der Waals surface area contributed by atoms with Crippen LogP contribution in [0.2, 0.25) is 0 Å². The van der Waals surface area contributed by atoms with E-state index in [4.69, 9.17) is 4.74 Å². The maximum Gasteiger partial charge on any atom is 0.222 e. The van der Waals surface area contributed by atoms with Crippen molar-refractivity contribution >= 4 is 15.7 Å². The predicted molar refractivity (Wildman–Crippen MR) is 70.8 cm³/mol. The number of nitrogens with zero attached hydrogens (tertiary/aromatic N) is 1. The van der Waals surface area contributed by atoms with Crippen LogP contribution >= 0.6 is 0 Å². The highest BCUT2D eigenvalue weighted by atomic mass is 32.2. The Bertz CT molecular complexity index is 559. The number of ether oxygens (including phenoxy) is 1. The van der Waals surface area contributed by atoms with E-state index in [1.807, 2.05) is 0 Å². The summed E-state index contributed by atoms with van der Waals surface area (Å²) in [4.78, 5) is 13.3. The number of carbonyl (C=O) groups excluding carboxylic acids is 1. The van der Waals surface area contributed by atoms with E-state index in [1.165, 1.54) is 7.11 Å². The molecule has 1 aromatic carbocycles. The summed E-state index contributed by atoms with van der Waals surface area (Å²) in [5, 5.41) is -0.489. The predicted octanol–water partition coefficient (Wildman–Crippen LogP) is 1.09. The van der Waals surface area contributed by atoms with Gasteiger partial charge in [0.2, 0.25) is 5.91 Å². The molecule has 19 heavy (non-hydrogen) atoms. The second kappa shape index (κ2) is 5.21. The zero-order chi connectivity index (χ0) is 14.0. The first kappa shape index (κ1) is 13.9. The van der Waals surface area contributed by atoms with E-state index < -0.39 is 15.1 Å². The van der Waals surface area contributed by atoms with Gasteiger partial charge >= 0.3 is 0 Å². The molecule has 0 atom stereocenters. The summed E-state index contributed by atoms with van der Waals surface area (Å²) in [6, 6.07) is 6.33. The summed E-state index contributed by atoms with van der Waals surface area (Å²) < 4.78 is 29.6. The van der Waals surface area contributed by atoms with E-state index in [1.54, 1.807) is 36.1 Å². The first-order chi connectivity index (χ1) is 8.98. The van der Waals surface area contributed by atoms with Crippen molar-refractivity contribution < 1.29 is 17.9 Å². The number of carbonyl (C=O) groups is 1. The van der Waals surface area contributed by atoms with Crippen LogP contribution in [0.15, 0.2) is 29.2 Å². The molecule has 1 aliphatic heterocycles. The van der Waals surface area contributed by atoms with Crippen molar-refractivity contribution in [1.29, 1.82) is 0 Å². The lowest BCUT2D eigenvalue weighted by Gasteiger charge is -2.38. The lowest BCUT2D eigenvalue weighted by molar-refractivity contribution is -0.133. The van der Waals surface area contributed by atoms with E-state index >= 15 is 0 Å². The Morgan fingerprint density at radius 1 is 1.32 bits per heavy atom. The van der Waals surface area contributed by atoms with Gasteiger partial charge in [0.15, 0.2) is 9.84 Å². The van der Waals surface area contributed by atoms with E-state index in [2.05, 4.69) is 0 Å². The van der Waals surface area contributed by atoms with Gasteiger partial charge in [-0.2, -0.15) is 0 Å². The first-order valence-corrected chi connectivity index (χ1v) is 7.69. The van der Waals surface area contributed by atoms with Gasteiger partial charge in [-0.3, -0.25) is 4.79 Å². The highest BCUT2D eigenvalue weighted by molar-refractivity contribution is 7.92. The van der Waals surface area contributed by atoms with Crippen molar-refractivity contribution in [2.75, 3.05) is 20.2 Å². The van der Waals surface area contributed by atoms with E-state index in [0.29, 0.717) is 25.3 Å². The van der Waals surface area contributed by atoms with Crippen LogP contribution in [0, 0.1) is 0 Å². The standard InChI is InChI=1S/C13H17NO4S/c1-3-13(15)14-8-12(9-14)19(16,17)11-6-4-10(18-2)5-7-11/h4-7,12H,3,8-9H2,1-2H3. The highest BCUT2D eigenvalue weighted by Gasteiger charge is 2.39. The van der Waals surface area contributed by atoms with Gasteiger partial charge in [0.25, 0.3) is 0 Å². The summed E-state index contributed by atoms with van der Waals surface area (Å²) >= 11 is 0. The Hall–Kier alpha value is -1.56. The van der Waals surface area contributed by atoms with Crippen LogP contribution in [0.25, 0.3) is 0 Å². The SMILES string of the molecule is CCC(=O)N1CC(S(=O)(=O)c2ccc(OC)cc2)C1. The highest BCUT2D eigenvalue weighted by Crippen LogP contribution is 2.25. The number of hydrogen-bond acceptors (Lipinski definition) is 4. The fraction of sp³-hybridized carbons (Fsp3) is 0.462. The van der Waals surface area contributed by atoms with Crippen molar-refractivity contribution in [3.63, 3.8) is 0 Å². The molecule has 0 aliphatic carbocycles. The van der Waals surface area contributed by atoms with E-state index in [-0.39, 0.29) is 10.8 Å². The molecule has 0 N–H and O–H groups in total. The average molecular weight is 283 g/mol. The minimum absolute atomic E-state index is 0.00109. The van der Waals surface area contributed by atoms with Gasteiger partial charge in [-0.05, 0) is 24.3 Å². The van der Waals surface area contributed by atoms with Crippen molar-refractivity contribution in [3.8, 4) is 5.75 Å². The first-order valence-electron chi connectivity index (χ1n) is 6.14. The van der Waals surface area contributed by atoms with Crippen LogP contribution in [0.5, 0.6) is 5.75 Å². The number of benzene rings is 1. The largest absolute Gasteiger partial charge is 0.497 e. The van der Waals surface area contributed by atoms with Gasteiger partial charge in [0, 0.05) is 19.5 Å². The molecule has 0 bridgehead atoms. The Kier molecular flexibility index (Phi) is 3.80. The molecule has 0 spiro atoms. The third kappa shape index (κ3) is 2.58. The molecular formula is C13H17NO4S. The van der Waals surface area contributed by atoms with Crippen LogP contribution < -0.4 is 4.74 Å². The number of likely N-dealkylation sites (tertiary alicyclic amines) is 1. The number of rotatable bonds is 4. The lowest BCUT2D eigenvalue weighted by atomic mass is 10.2. The monoisotopic (exact) mass is 283 g/mol. The summed E-state index contributed by atoms with van der Waals surface area (Å²) in [5.41, 5.74) is 0. The third-order valence-electron chi connectivity index (χ3n) is 3.33. The zero-order valence-electron chi connectivity index (χ0n) is 11.0. The average Bonchev–Trinajstić information content (AvgIpc) is 2.36. The molecule has 5 nitrogen and oxygen atoms in total.